The molecule has 102 valence electrons. The number of hydrogen-bond donors (Lipinski definition) is 2. The van der Waals surface area contributed by atoms with Crippen molar-refractivity contribution in [3.63, 3.8) is 0 Å². The molecule has 0 aliphatic heterocycles. The second-order valence-corrected chi connectivity index (χ2v) is 4.71. The van der Waals surface area contributed by atoms with Gasteiger partial charge in [0.05, 0.1) is 7.11 Å². The molecular formula is C15H26N2O. The minimum atomic E-state index is 0.341. The number of hydrogen-bond acceptors (Lipinski definition) is 3. The summed E-state index contributed by atoms with van der Waals surface area (Å²) < 4.78 is 5.47. The second-order valence-electron chi connectivity index (χ2n) is 4.71. The summed E-state index contributed by atoms with van der Waals surface area (Å²) in [6, 6.07) is 2.58. The van der Waals surface area contributed by atoms with E-state index in [0.717, 1.165) is 18.8 Å². The maximum Gasteiger partial charge on any atom is 0.124 e. The Morgan fingerprint density at radius 1 is 1.22 bits per heavy atom. The van der Waals surface area contributed by atoms with Gasteiger partial charge in [0.2, 0.25) is 0 Å². The Bertz CT molecular complexity index is 402. The van der Waals surface area contributed by atoms with Crippen molar-refractivity contribution in [1.29, 1.82) is 0 Å². The van der Waals surface area contributed by atoms with Crippen LogP contribution in [-0.2, 0) is 0 Å². The van der Waals surface area contributed by atoms with Crippen molar-refractivity contribution in [2.24, 2.45) is 0 Å². The summed E-state index contributed by atoms with van der Waals surface area (Å²) in [5.74, 6) is 1.01. The van der Waals surface area contributed by atoms with Gasteiger partial charge < -0.3 is 15.4 Å². The minimum Gasteiger partial charge on any atom is -0.496 e. The Kier molecular flexibility index (Phi) is 5.63. The van der Waals surface area contributed by atoms with E-state index in [1.807, 2.05) is 7.05 Å². The molecule has 1 aromatic rings. The maximum absolute atomic E-state index is 5.47. The lowest BCUT2D eigenvalue weighted by Crippen LogP contribution is -2.30. The molecule has 0 aliphatic carbocycles. The number of methoxy groups -OCH3 is 1. The van der Waals surface area contributed by atoms with E-state index in [1.54, 1.807) is 7.11 Å². The van der Waals surface area contributed by atoms with Gasteiger partial charge in [0.1, 0.15) is 5.75 Å². The van der Waals surface area contributed by atoms with Crippen LogP contribution in [-0.4, -0.2) is 27.2 Å². The van der Waals surface area contributed by atoms with Gasteiger partial charge in [-0.15, -0.1) is 0 Å². The van der Waals surface area contributed by atoms with E-state index in [-0.39, 0.29) is 0 Å². The van der Waals surface area contributed by atoms with Gasteiger partial charge in [-0.3, -0.25) is 0 Å². The lowest BCUT2D eigenvalue weighted by molar-refractivity contribution is 0.407. The fourth-order valence-corrected chi connectivity index (χ4v) is 2.42. The minimum absolute atomic E-state index is 0.341. The summed E-state index contributed by atoms with van der Waals surface area (Å²) in [6.07, 6.45) is 0. The third kappa shape index (κ3) is 3.03. The summed E-state index contributed by atoms with van der Waals surface area (Å²) in [6.45, 7) is 10.5. The average molecular weight is 250 g/mol. The molecule has 2 N–H and O–H groups in total. The largest absolute Gasteiger partial charge is 0.496 e. The molecule has 18 heavy (non-hydrogen) atoms. The quantitative estimate of drug-likeness (QED) is 0.814. The Labute approximate surface area is 111 Å². The van der Waals surface area contributed by atoms with Gasteiger partial charge in [-0.1, -0.05) is 13.0 Å². The lowest BCUT2D eigenvalue weighted by atomic mass is 9.94. The molecule has 0 bridgehead atoms. The standard InChI is InChI=1S/C15H26N2O/c1-7-17-9-14(16-5)13-8-10(2)15(18-6)12(4)11(13)3/h8,14,16-17H,7,9H2,1-6H3. The molecule has 1 rings (SSSR count). The predicted octanol–water partition coefficient (Wildman–Crippen LogP) is 2.49. The van der Waals surface area contributed by atoms with Crippen LogP contribution in [0, 0.1) is 20.8 Å². The van der Waals surface area contributed by atoms with Gasteiger partial charge in [0, 0.05) is 12.6 Å². The zero-order valence-corrected chi connectivity index (χ0v) is 12.5. The van der Waals surface area contributed by atoms with Gasteiger partial charge in [-0.2, -0.15) is 0 Å². The number of ether oxygens (including phenoxy) is 1. The van der Waals surface area contributed by atoms with E-state index in [1.165, 1.54) is 22.3 Å². The van der Waals surface area contributed by atoms with Crippen molar-refractivity contribution in [2.75, 3.05) is 27.2 Å². The van der Waals surface area contributed by atoms with Crippen molar-refractivity contribution >= 4 is 0 Å². The van der Waals surface area contributed by atoms with E-state index in [4.69, 9.17) is 4.74 Å². The number of rotatable bonds is 6. The van der Waals surface area contributed by atoms with E-state index < -0.39 is 0 Å². The molecule has 0 aromatic heterocycles. The third-order valence-electron chi connectivity index (χ3n) is 3.59. The zero-order chi connectivity index (χ0) is 13.7. The smallest absolute Gasteiger partial charge is 0.124 e. The SMILES string of the molecule is CCNCC(NC)c1cc(C)c(OC)c(C)c1C. The van der Waals surface area contributed by atoms with Gasteiger partial charge in [0.25, 0.3) is 0 Å². The van der Waals surface area contributed by atoms with Crippen LogP contribution in [0.4, 0.5) is 0 Å². The van der Waals surface area contributed by atoms with E-state index >= 15 is 0 Å². The Morgan fingerprint density at radius 2 is 1.89 bits per heavy atom. The first-order chi connectivity index (χ1) is 8.56. The molecule has 0 radical (unpaired) electrons. The highest BCUT2D eigenvalue weighted by Gasteiger charge is 2.16. The maximum atomic E-state index is 5.47. The van der Waals surface area contributed by atoms with Gasteiger partial charge >= 0.3 is 0 Å². The van der Waals surface area contributed by atoms with Crippen molar-refractivity contribution in [3.8, 4) is 5.75 Å². The molecule has 0 saturated carbocycles. The molecule has 1 unspecified atom stereocenters. The molecule has 3 nitrogen and oxygen atoms in total. The second kappa shape index (κ2) is 6.76. The first-order valence-electron chi connectivity index (χ1n) is 6.59. The molecular weight excluding hydrogens is 224 g/mol. The predicted molar refractivity (Wildman–Crippen MR) is 77.5 cm³/mol. The molecule has 0 amide bonds. The summed E-state index contributed by atoms with van der Waals surface area (Å²) >= 11 is 0. The van der Waals surface area contributed by atoms with E-state index in [9.17, 15) is 0 Å². The van der Waals surface area contributed by atoms with Crippen molar-refractivity contribution < 1.29 is 4.74 Å². The van der Waals surface area contributed by atoms with Crippen LogP contribution in [0.1, 0.15) is 35.2 Å². The lowest BCUT2D eigenvalue weighted by Gasteiger charge is -2.23. The highest BCUT2D eigenvalue weighted by atomic mass is 16.5. The molecule has 0 spiro atoms. The highest BCUT2D eigenvalue weighted by Crippen LogP contribution is 2.31. The number of benzene rings is 1. The number of aryl methyl sites for hydroxylation is 1. The fourth-order valence-electron chi connectivity index (χ4n) is 2.42. The fraction of sp³-hybridized carbons (Fsp3) is 0.600. The van der Waals surface area contributed by atoms with Gasteiger partial charge in [0.15, 0.2) is 0 Å². The number of likely N-dealkylation sites (N-methyl/N-ethyl adjacent to an activating group) is 2. The van der Waals surface area contributed by atoms with Crippen LogP contribution < -0.4 is 15.4 Å². The summed E-state index contributed by atoms with van der Waals surface area (Å²) in [5.41, 5.74) is 5.11. The van der Waals surface area contributed by atoms with Crippen LogP contribution >= 0.6 is 0 Å². The average Bonchev–Trinajstić information content (AvgIpc) is 2.36. The van der Waals surface area contributed by atoms with Gasteiger partial charge in [-0.25, -0.2) is 0 Å². The van der Waals surface area contributed by atoms with Crippen LogP contribution in [0.3, 0.4) is 0 Å². The molecule has 0 heterocycles. The normalized spacial score (nSPS) is 12.6. The van der Waals surface area contributed by atoms with Crippen LogP contribution in [0.5, 0.6) is 5.75 Å². The molecule has 1 aromatic carbocycles. The van der Waals surface area contributed by atoms with Crippen molar-refractivity contribution in [3.05, 3.63) is 28.3 Å². The Balaban J connectivity index is 3.15. The monoisotopic (exact) mass is 250 g/mol. The third-order valence-corrected chi connectivity index (χ3v) is 3.59. The van der Waals surface area contributed by atoms with Crippen LogP contribution in [0.15, 0.2) is 6.07 Å². The summed E-state index contributed by atoms with van der Waals surface area (Å²) in [7, 11) is 3.75. The van der Waals surface area contributed by atoms with Crippen LogP contribution in [0.25, 0.3) is 0 Å². The molecule has 0 fully saturated rings. The Morgan fingerprint density at radius 3 is 2.39 bits per heavy atom. The van der Waals surface area contributed by atoms with Crippen molar-refractivity contribution in [1.82, 2.24) is 10.6 Å². The topological polar surface area (TPSA) is 33.3 Å². The highest BCUT2D eigenvalue weighted by molar-refractivity contribution is 5.50. The molecule has 0 aliphatic rings. The molecule has 1 atom stereocenters. The van der Waals surface area contributed by atoms with Gasteiger partial charge in [-0.05, 0) is 56.6 Å². The zero-order valence-electron chi connectivity index (χ0n) is 12.5. The first-order valence-corrected chi connectivity index (χ1v) is 6.59. The van der Waals surface area contributed by atoms with Crippen molar-refractivity contribution in [2.45, 2.75) is 33.7 Å². The molecule has 3 heteroatoms. The van der Waals surface area contributed by atoms with E-state index in [0.29, 0.717) is 6.04 Å². The first kappa shape index (κ1) is 15.0. The summed E-state index contributed by atoms with van der Waals surface area (Å²) in [5, 5.41) is 6.78. The number of nitrogens with one attached hydrogen (secondary N) is 2. The molecule has 0 saturated heterocycles. The Hall–Kier alpha value is -1.06. The van der Waals surface area contributed by atoms with E-state index in [2.05, 4.69) is 44.4 Å². The van der Waals surface area contributed by atoms with Crippen LogP contribution in [0.2, 0.25) is 0 Å². The summed E-state index contributed by atoms with van der Waals surface area (Å²) in [4.78, 5) is 0.